The van der Waals surface area contributed by atoms with Crippen molar-refractivity contribution < 1.29 is 14.3 Å². The van der Waals surface area contributed by atoms with Gasteiger partial charge in [0.2, 0.25) is 0 Å². The highest BCUT2D eigenvalue weighted by atomic mass is 32.3. The molecule has 1 rings (SSSR count). The van der Waals surface area contributed by atoms with Gasteiger partial charge in [0.25, 0.3) is 0 Å². The molecule has 0 saturated carbocycles. The second kappa shape index (κ2) is 6.81. The molecule has 1 aromatic heterocycles. The second-order valence-electron chi connectivity index (χ2n) is 5.01. The van der Waals surface area contributed by atoms with Crippen molar-refractivity contribution in [1.29, 1.82) is 0 Å². The molecule has 7 heteroatoms. The summed E-state index contributed by atoms with van der Waals surface area (Å²) in [6.45, 7) is 2.92. The maximum absolute atomic E-state index is 11.7. The fourth-order valence-corrected chi connectivity index (χ4v) is 1.98. The highest BCUT2D eigenvalue weighted by molar-refractivity contribution is 8.32. The zero-order valence-electron chi connectivity index (χ0n) is 12.0. The van der Waals surface area contributed by atoms with Crippen molar-refractivity contribution in [3.05, 3.63) is 11.8 Å². The molecule has 0 aromatic carbocycles. The molecule has 0 fully saturated rings. The number of hydrogen-bond acceptors (Lipinski definition) is 5. The Morgan fingerprint density at radius 3 is 2.74 bits per heavy atom. The third-order valence-electron chi connectivity index (χ3n) is 2.34. The number of nitrogens with two attached hydrogens (primary N) is 1. The molecule has 0 aliphatic heterocycles. The number of nitrogens with zero attached hydrogens (tertiary/aromatic N) is 2. The van der Waals surface area contributed by atoms with E-state index in [4.69, 9.17) is 15.2 Å². The molecule has 0 aliphatic carbocycles. The SMILES string of the molecule is CCOC(=O)c1cc(N)nn1COCCS(C)(C)C. The predicted molar refractivity (Wildman–Crippen MR) is 78.8 cm³/mol. The van der Waals surface area contributed by atoms with Crippen molar-refractivity contribution in [3.8, 4) is 0 Å². The molecule has 0 amide bonds. The minimum atomic E-state index is -0.579. The van der Waals surface area contributed by atoms with E-state index in [-0.39, 0.29) is 12.5 Å². The van der Waals surface area contributed by atoms with Gasteiger partial charge in [0, 0.05) is 11.8 Å². The summed E-state index contributed by atoms with van der Waals surface area (Å²) in [5, 5.41) is 4.02. The average molecular weight is 289 g/mol. The molecular formula is C12H23N3O3S. The van der Waals surface area contributed by atoms with Gasteiger partial charge in [-0.25, -0.2) is 19.5 Å². The molecule has 1 aromatic rings. The maximum Gasteiger partial charge on any atom is 0.356 e. The molecule has 1 heterocycles. The summed E-state index contributed by atoms with van der Waals surface area (Å²) < 4.78 is 11.9. The summed E-state index contributed by atoms with van der Waals surface area (Å²) in [4.78, 5) is 11.7. The third-order valence-corrected chi connectivity index (χ3v) is 3.73. The minimum absolute atomic E-state index is 0.209. The predicted octanol–water partition coefficient (Wildman–Crippen LogP) is 1.31. The number of esters is 1. The van der Waals surface area contributed by atoms with Crippen LogP contribution in [-0.4, -0.2) is 53.5 Å². The van der Waals surface area contributed by atoms with Crippen LogP contribution in [0.25, 0.3) is 0 Å². The molecule has 0 unspecified atom stereocenters. The number of anilines is 1. The first kappa shape index (κ1) is 15.8. The van der Waals surface area contributed by atoms with Gasteiger partial charge < -0.3 is 15.2 Å². The summed E-state index contributed by atoms with van der Waals surface area (Å²) in [7, 11) is -0.579. The second-order valence-corrected chi connectivity index (χ2v) is 9.60. The Labute approximate surface area is 115 Å². The fraction of sp³-hybridized carbons (Fsp3) is 0.667. The van der Waals surface area contributed by atoms with Gasteiger partial charge >= 0.3 is 5.97 Å². The van der Waals surface area contributed by atoms with Crippen LogP contribution in [0.15, 0.2) is 6.07 Å². The monoisotopic (exact) mass is 289 g/mol. The van der Waals surface area contributed by atoms with Crippen LogP contribution in [0.1, 0.15) is 17.4 Å². The van der Waals surface area contributed by atoms with E-state index in [0.29, 0.717) is 18.9 Å². The molecule has 0 aliphatic rings. The number of aromatic nitrogens is 2. The van der Waals surface area contributed by atoms with Crippen LogP contribution in [0.5, 0.6) is 0 Å². The molecule has 6 nitrogen and oxygen atoms in total. The number of rotatable bonds is 7. The number of carbonyl (C=O) groups excluding carboxylic acids is 1. The van der Waals surface area contributed by atoms with Crippen molar-refractivity contribution in [2.75, 3.05) is 43.5 Å². The summed E-state index contributed by atoms with van der Waals surface area (Å²) in [5.41, 5.74) is 5.92. The van der Waals surface area contributed by atoms with Crippen LogP contribution in [0, 0.1) is 0 Å². The van der Waals surface area contributed by atoms with Gasteiger partial charge in [-0.2, -0.15) is 5.10 Å². The Bertz CT molecular complexity index is 426. The first-order chi connectivity index (χ1) is 8.83. The number of ether oxygens (including phenoxy) is 2. The van der Waals surface area contributed by atoms with Gasteiger partial charge in [-0.05, 0) is 25.7 Å². The highest BCUT2D eigenvalue weighted by Gasteiger charge is 2.15. The van der Waals surface area contributed by atoms with E-state index in [1.165, 1.54) is 10.7 Å². The van der Waals surface area contributed by atoms with E-state index >= 15 is 0 Å². The van der Waals surface area contributed by atoms with Gasteiger partial charge in [0.05, 0.1) is 13.2 Å². The van der Waals surface area contributed by atoms with E-state index in [9.17, 15) is 4.79 Å². The largest absolute Gasteiger partial charge is 0.461 e. The number of nitrogen functional groups attached to an aromatic ring is 1. The smallest absolute Gasteiger partial charge is 0.356 e. The molecule has 0 bridgehead atoms. The fourth-order valence-electron chi connectivity index (χ4n) is 1.36. The Balaban J connectivity index is 2.56. The van der Waals surface area contributed by atoms with Crippen LogP contribution in [-0.2, 0) is 16.2 Å². The van der Waals surface area contributed by atoms with E-state index < -0.39 is 16.0 Å². The Morgan fingerprint density at radius 2 is 2.16 bits per heavy atom. The standard InChI is InChI=1S/C12H23N3O3S/c1-5-18-12(16)10-8-11(13)14-15(10)9-17-6-7-19(2,3)4/h8H,5-7,9H2,1-4H3,(H2,13,14). The van der Waals surface area contributed by atoms with E-state index in [1.54, 1.807) is 6.92 Å². The van der Waals surface area contributed by atoms with Crippen LogP contribution in [0.4, 0.5) is 5.82 Å². The van der Waals surface area contributed by atoms with Crippen LogP contribution in [0.3, 0.4) is 0 Å². The number of hydrogen-bond donors (Lipinski definition) is 1. The van der Waals surface area contributed by atoms with Crippen molar-refractivity contribution in [1.82, 2.24) is 9.78 Å². The van der Waals surface area contributed by atoms with Gasteiger partial charge in [0.1, 0.15) is 12.5 Å². The van der Waals surface area contributed by atoms with E-state index in [0.717, 1.165) is 5.75 Å². The lowest BCUT2D eigenvalue weighted by Gasteiger charge is -2.24. The normalized spacial score (nSPS) is 12.4. The summed E-state index contributed by atoms with van der Waals surface area (Å²) in [6.07, 6.45) is 6.69. The summed E-state index contributed by atoms with van der Waals surface area (Å²) >= 11 is 0. The topological polar surface area (TPSA) is 79.4 Å². The number of carbonyl (C=O) groups is 1. The van der Waals surface area contributed by atoms with E-state index in [1.807, 2.05) is 0 Å². The zero-order valence-corrected chi connectivity index (χ0v) is 12.8. The molecule has 2 N–H and O–H groups in total. The van der Waals surface area contributed by atoms with Gasteiger partial charge in [0.15, 0.2) is 5.69 Å². The van der Waals surface area contributed by atoms with Crippen LogP contribution < -0.4 is 5.73 Å². The minimum Gasteiger partial charge on any atom is -0.461 e. The highest BCUT2D eigenvalue weighted by Crippen LogP contribution is 2.33. The molecule has 0 radical (unpaired) electrons. The molecule has 0 saturated heterocycles. The van der Waals surface area contributed by atoms with Gasteiger partial charge in [-0.15, -0.1) is 0 Å². The van der Waals surface area contributed by atoms with Gasteiger partial charge in [-0.3, -0.25) is 0 Å². The van der Waals surface area contributed by atoms with Crippen molar-refractivity contribution in [2.24, 2.45) is 0 Å². The summed E-state index contributed by atoms with van der Waals surface area (Å²) in [6, 6.07) is 1.50. The van der Waals surface area contributed by atoms with Crippen LogP contribution >= 0.6 is 10.0 Å². The average Bonchev–Trinajstić information content (AvgIpc) is 2.65. The molecule has 19 heavy (non-hydrogen) atoms. The van der Waals surface area contributed by atoms with E-state index in [2.05, 4.69) is 23.9 Å². The van der Waals surface area contributed by atoms with Gasteiger partial charge in [-0.1, -0.05) is 0 Å². The quantitative estimate of drug-likeness (QED) is 0.605. The van der Waals surface area contributed by atoms with Crippen LogP contribution in [0.2, 0.25) is 0 Å². The molecule has 0 atom stereocenters. The third kappa shape index (κ3) is 5.52. The molecule has 0 spiro atoms. The Hall–Kier alpha value is -1.21. The first-order valence-electron chi connectivity index (χ1n) is 6.07. The van der Waals surface area contributed by atoms with Crippen molar-refractivity contribution in [3.63, 3.8) is 0 Å². The molecular weight excluding hydrogens is 266 g/mol. The van der Waals surface area contributed by atoms with Crippen molar-refractivity contribution in [2.45, 2.75) is 13.7 Å². The summed E-state index contributed by atoms with van der Waals surface area (Å²) in [5.74, 6) is 0.864. The Morgan fingerprint density at radius 1 is 1.47 bits per heavy atom. The maximum atomic E-state index is 11.7. The molecule has 110 valence electrons. The lowest BCUT2D eigenvalue weighted by Crippen LogP contribution is -2.16. The lowest BCUT2D eigenvalue weighted by atomic mass is 10.4. The first-order valence-corrected chi connectivity index (χ1v) is 9.10. The lowest BCUT2D eigenvalue weighted by molar-refractivity contribution is 0.0459. The zero-order chi connectivity index (χ0) is 14.5. The Kier molecular flexibility index (Phi) is 5.68. The van der Waals surface area contributed by atoms with Crippen molar-refractivity contribution >= 4 is 21.8 Å².